The molecule has 6 nitrogen and oxygen atoms in total. The third-order valence-corrected chi connectivity index (χ3v) is 2.56. The lowest BCUT2D eigenvalue weighted by atomic mass is 9.89. The zero-order chi connectivity index (χ0) is 14.6. The molecule has 0 fully saturated rings. The third kappa shape index (κ3) is 5.21. The summed E-state index contributed by atoms with van der Waals surface area (Å²) in [7, 11) is 0. The van der Waals surface area contributed by atoms with Gasteiger partial charge in [0.15, 0.2) is 0 Å². The molecule has 0 radical (unpaired) electrons. The van der Waals surface area contributed by atoms with E-state index in [1.165, 1.54) is 6.07 Å². The number of anilines is 1. The molecule has 0 amide bonds. The number of aliphatic hydroxyl groups is 1. The van der Waals surface area contributed by atoms with Gasteiger partial charge < -0.3 is 10.4 Å². The maximum Gasteiger partial charge on any atom is 0.311 e. The molecule has 0 aliphatic rings. The van der Waals surface area contributed by atoms with E-state index < -0.39 is 11.0 Å². The number of pyridine rings is 1. The van der Waals surface area contributed by atoms with Gasteiger partial charge in [0.1, 0.15) is 0 Å². The Bertz CT molecular complexity index is 455. The molecule has 1 heterocycles. The predicted octanol–water partition coefficient (Wildman–Crippen LogP) is 2.51. The van der Waals surface area contributed by atoms with Crippen molar-refractivity contribution < 1.29 is 10.0 Å². The average molecular weight is 267 g/mol. The lowest BCUT2D eigenvalue weighted by Gasteiger charge is -2.22. The molecule has 6 heteroatoms. The highest BCUT2D eigenvalue weighted by molar-refractivity contribution is 5.56. The maximum atomic E-state index is 10.9. The van der Waals surface area contributed by atoms with Crippen LogP contribution in [0.25, 0.3) is 0 Å². The van der Waals surface area contributed by atoms with Crippen molar-refractivity contribution in [1.29, 1.82) is 0 Å². The van der Waals surface area contributed by atoms with Crippen LogP contribution < -0.4 is 5.32 Å². The number of nitro groups is 1. The highest BCUT2D eigenvalue weighted by atomic mass is 16.6. The molecule has 1 aromatic rings. The summed E-state index contributed by atoms with van der Waals surface area (Å²) in [5.41, 5.74) is 0.625. The van der Waals surface area contributed by atoms with Crippen molar-refractivity contribution in [1.82, 2.24) is 4.98 Å². The first-order chi connectivity index (χ1) is 8.69. The third-order valence-electron chi connectivity index (χ3n) is 2.56. The van der Waals surface area contributed by atoms with E-state index in [1.807, 2.05) is 20.8 Å². The van der Waals surface area contributed by atoms with E-state index in [4.69, 9.17) is 0 Å². The van der Waals surface area contributed by atoms with E-state index in [1.54, 1.807) is 13.0 Å². The van der Waals surface area contributed by atoms with Crippen LogP contribution in [0.1, 0.15) is 32.9 Å². The Morgan fingerprint density at radius 3 is 2.63 bits per heavy atom. The van der Waals surface area contributed by atoms with Gasteiger partial charge in [-0.3, -0.25) is 10.1 Å². The molecule has 1 rings (SSSR count). The van der Waals surface area contributed by atoms with Gasteiger partial charge in [-0.1, -0.05) is 20.8 Å². The fraction of sp³-hybridized carbons (Fsp3) is 0.615. The summed E-state index contributed by atoms with van der Waals surface area (Å²) in [4.78, 5) is 14.5. The fourth-order valence-electron chi connectivity index (χ4n) is 1.82. The van der Waals surface area contributed by atoms with Gasteiger partial charge >= 0.3 is 5.69 Å². The van der Waals surface area contributed by atoms with E-state index in [0.29, 0.717) is 12.1 Å². The molecule has 0 bridgehead atoms. The molecule has 106 valence electrons. The molecule has 0 aliphatic carbocycles. The van der Waals surface area contributed by atoms with Crippen LogP contribution in [-0.2, 0) is 0 Å². The molecule has 0 aliphatic heterocycles. The lowest BCUT2D eigenvalue weighted by molar-refractivity contribution is -0.384. The van der Waals surface area contributed by atoms with Crippen LogP contribution in [0.4, 0.5) is 11.5 Å². The van der Waals surface area contributed by atoms with Gasteiger partial charge in [0.2, 0.25) is 5.82 Å². The summed E-state index contributed by atoms with van der Waals surface area (Å²) in [6, 6.07) is 3.01. The number of nitrogens with zero attached hydrogens (tertiary/aromatic N) is 2. The molecule has 1 aromatic heterocycles. The quantitative estimate of drug-likeness (QED) is 0.632. The highest BCUT2D eigenvalue weighted by Crippen LogP contribution is 2.24. The topological polar surface area (TPSA) is 88.3 Å². The molecule has 2 N–H and O–H groups in total. The van der Waals surface area contributed by atoms with Crippen molar-refractivity contribution in [3.63, 3.8) is 0 Å². The summed E-state index contributed by atoms with van der Waals surface area (Å²) in [5, 5.41) is 23.6. The average Bonchev–Trinajstić information content (AvgIpc) is 2.23. The smallest absolute Gasteiger partial charge is 0.311 e. The van der Waals surface area contributed by atoms with Crippen molar-refractivity contribution in [3.8, 4) is 0 Å². The van der Waals surface area contributed by atoms with Gasteiger partial charge in [-0.25, -0.2) is 4.98 Å². The first-order valence-electron chi connectivity index (χ1n) is 6.23. The molecule has 0 saturated heterocycles. The van der Waals surface area contributed by atoms with Crippen LogP contribution in [0, 0.1) is 22.5 Å². The number of aryl methyl sites for hydroxylation is 1. The molecular formula is C13H21N3O3. The molecular weight excluding hydrogens is 246 g/mol. The van der Waals surface area contributed by atoms with Gasteiger partial charge in [-0.15, -0.1) is 0 Å². The van der Waals surface area contributed by atoms with E-state index >= 15 is 0 Å². The molecule has 1 unspecified atom stereocenters. The Morgan fingerprint density at radius 1 is 1.47 bits per heavy atom. The van der Waals surface area contributed by atoms with Crippen molar-refractivity contribution >= 4 is 11.5 Å². The van der Waals surface area contributed by atoms with Crippen LogP contribution >= 0.6 is 0 Å². The van der Waals surface area contributed by atoms with Crippen LogP contribution in [0.15, 0.2) is 12.1 Å². The van der Waals surface area contributed by atoms with Gasteiger partial charge in [0.25, 0.3) is 0 Å². The second-order valence-corrected chi connectivity index (χ2v) is 5.88. The minimum atomic E-state index is -0.568. The van der Waals surface area contributed by atoms with Crippen LogP contribution in [0.3, 0.4) is 0 Å². The number of hydrogen-bond acceptors (Lipinski definition) is 5. The second kappa shape index (κ2) is 5.97. The lowest BCUT2D eigenvalue weighted by Crippen LogP contribution is -2.25. The fourth-order valence-corrected chi connectivity index (χ4v) is 1.82. The van der Waals surface area contributed by atoms with Gasteiger partial charge in [0, 0.05) is 18.3 Å². The minimum absolute atomic E-state index is 0.00701. The van der Waals surface area contributed by atoms with Crippen molar-refractivity contribution in [3.05, 3.63) is 27.9 Å². The summed E-state index contributed by atoms with van der Waals surface area (Å²) in [6.45, 7) is 8.10. The van der Waals surface area contributed by atoms with E-state index in [-0.39, 0.29) is 23.5 Å². The number of hydrogen-bond donors (Lipinski definition) is 2. The normalized spacial score (nSPS) is 13.1. The van der Waals surface area contributed by atoms with Crippen molar-refractivity contribution in [2.75, 3.05) is 11.9 Å². The van der Waals surface area contributed by atoms with Gasteiger partial charge in [-0.05, 0) is 24.8 Å². The monoisotopic (exact) mass is 267 g/mol. The number of aliphatic hydroxyl groups excluding tert-OH is 1. The summed E-state index contributed by atoms with van der Waals surface area (Å²) < 4.78 is 0. The zero-order valence-corrected chi connectivity index (χ0v) is 11.8. The molecule has 0 saturated carbocycles. The van der Waals surface area contributed by atoms with Crippen LogP contribution in [0.5, 0.6) is 0 Å². The predicted molar refractivity (Wildman–Crippen MR) is 74.2 cm³/mol. The van der Waals surface area contributed by atoms with E-state index in [2.05, 4.69) is 10.3 Å². The van der Waals surface area contributed by atoms with Gasteiger partial charge in [0.05, 0.1) is 11.0 Å². The summed E-state index contributed by atoms with van der Waals surface area (Å²) in [5.74, 6) is 0.206. The minimum Gasteiger partial charge on any atom is -0.391 e. The Kier molecular flexibility index (Phi) is 4.83. The van der Waals surface area contributed by atoms with Gasteiger partial charge in [-0.2, -0.15) is 0 Å². The number of nitrogens with one attached hydrogen (secondary N) is 1. The van der Waals surface area contributed by atoms with Crippen molar-refractivity contribution in [2.45, 2.75) is 40.2 Å². The van der Waals surface area contributed by atoms with Crippen LogP contribution in [0.2, 0.25) is 0 Å². The molecule has 1 atom stereocenters. The second-order valence-electron chi connectivity index (χ2n) is 5.88. The Hall–Kier alpha value is -1.69. The van der Waals surface area contributed by atoms with Crippen molar-refractivity contribution in [2.24, 2.45) is 5.41 Å². The SMILES string of the molecule is Cc1ccc([N+](=O)[O-])c(NCC(O)CC(C)(C)C)n1. The Labute approximate surface area is 113 Å². The molecule has 0 spiro atoms. The maximum absolute atomic E-state index is 10.9. The summed E-state index contributed by atoms with van der Waals surface area (Å²) in [6.07, 6.45) is 0.0431. The molecule has 19 heavy (non-hydrogen) atoms. The van der Waals surface area contributed by atoms with E-state index in [9.17, 15) is 15.2 Å². The number of rotatable bonds is 5. The first-order valence-corrected chi connectivity index (χ1v) is 6.23. The largest absolute Gasteiger partial charge is 0.391 e. The Morgan fingerprint density at radius 2 is 2.11 bits per heavy atom. The summed E-state index contributed by atoms with van der Waals surface area (Å²) >= 11 is 0. The van der Waals surface area contributed by atoms with Crippen LogP contribution in [-0.4, -0.2) is 27.7 Å². The molecule has 0 aromatic carbocycles. The number of aromatic nitrogens is 1. The first kappa shape index (κ1) is 15.4. The zero-order valence-electron chi connectivity index (χ0n) is 11.8. The van der Waals surface area contributed by atoms with E-state index in [0.717, 1.165) is 0 Å². The highest BCUT2D eigenvalue weighted by Gasteiger charge is 2.19. The standard InChI is InChI=1S/C13H21N3O3/c1-9-5-6-11(16(18)19)12(15-9)14-8-10(17)7-13(2,3)4/h5-6,10,17H,7-8H2,1-4H3,(H,14,15). The Balaban J connectivity index is 2.72.